The van der Waals surface area contributed by atoms with Crippen molar-refractivity contribution in [2.75, 3.05) is 7.11 Å². The van der Waals surface area contributed by atoms with Crippen LogP contribution in [-0.4, -0.2) is 17.3 Å². The molecule has 4 nitrogen and oxygen atoms in total. The summed E-state index contributed by atoms with van der Waals surface area (Å²) in [5.74, 6) is 0.843. The van der Waals surface area contributed by atoms with E-state index in [0.717, 1.165) is 35.7 Å². The molecule has 0 radical (unpaired) electrons. The van der Waals surface area contributed by atoms with Gasteiger partial charge in [0.25, 0.3) is 0 Å². The first-order chi connectivity index (χ1) is 10.9. The fourth-order valence-corrected chi connectivity index (χ4v) is 2.41. The Labute approximate surface area is 130 Å². The highest BCUT2D eigenvalue weighted by atomic mass is 16.5. The van der Waals surface area contributed by atoms with Crippen LogP contribution in [0.1, 0.15) is 11.1 Å². The van der Waals surface area contributed by atoms with Crippen molar-refractivity contribution >= 4 is 0 Å². The number of ether oxygens (including phenoxy) is 1. The lowest BCUT2D eigenvalue weighted by atomic mass is 10.1. The zero-order valence-corrected chi connectivity index (χ0v) is 12.5. The molecule has 0 fully saturated rings. The topological polar surface area (TPSA) is 49.9 Å². The summed E-state index contributed by atoms with van der Waals surface area (Å²) in [5.41, 5.74) is 4.52. The third kappa shape index (κ3) is 3.35. The van der Waals surface area contributed by atoms with E-state index in [4.69, 9.17) is 4.74 Å². The molecule has 22 heavy (non-hydrogen) atoms. The second kappa shape index (κ2) is 6.91. The van der Waals surface area contributed by atoms with Crippen LogP contribution in [0.15, 0.2) is 60.8 Å². The predicted molar refractivity (Wildman–Crippen MR) is 87.6 cm³/mol. The number of hydrogen-bond donors (Lipinski definition) is 2. The minimum Gasteiger partial charge on any atom is -0.497 e. The van der Waals surface area contributed by atoms with E-state index in [1.165, 1.54) is 5.56 Å². The zero-order chi connectivity index (χ0) is 15.2. The molecular weight excluding hydrogens is 274 g/mol. The summed E-state index contributed by atoms with van der Waals surface area (Å²) < 4.78 is 5.28. The number of benzene rings is 2. The maximum absolute atomic E-state index is 5.28. The number of H-pyrrole nitrogens is 1. The van der Waals surface area contributed by atoms with Crippen LogP contribution >= 0.6 is 0 Å². The van der Waals surface area contributed by atoms with Gasteiger partial charge in [-0.15, -0.1) is 0 Å². The van der Waals surface area contributed by atoms with Gasteiger partial charge < -0.3 is 10.1 Å². The first kappa shape index (κ1) is 14.4. The smallest absolute Gasteiger partial charge is 0.119 e. The van der Waals surface area contributed by atoms with Crippen molar-refractivity contribution in [2.24, 2.45) is 0 Å². The molecule has 0 bridgehead atoms. The minimum atomic E-state index is 0.762. The number of nitrogens with zero attached hydrogens (tertiary/aromatic N) is 1. The summed E-state index contributed by atoms with van der Waals surface area (Å²) in [5, 5.41) is 10.7. The van der Waals surface area contributed by atoms with Gasteiger partial charge in [0.1, 0.15) is 5.75 Å². The summed E-state index contributed by atoms with van der Waals surface area (Å²) in [6, 6.07) is 18.3. The van der Waals surface area contributed by atoms with Gasteiger partial charge >= 0.3 is 0 Å². The highest BCUT2D eigenvalue weighted by molar-refractivity contribution is 5.64. The lowest BCUT2D eigenvalue weighted by molar-refractivity contribution is 0.415. The fraction of sp³-hybridized carbons (Fsp3) is 0.167. The maximum atomic E-state index is 5.28. The van der Waals surface area contributed by atoms with E-state index in [2.05, 4.69) is 45.8 Å². The Kier molecular flexibility index (Phi) is 4.51. The van der Waals surface area contributed by atoms with Crippen molar-refractivity contribution in [3.8, 4) is 17.0 Å². The Morgan fingerprint density at radius 1 is 1.05 bits per heavy atom. The Morgan fingerprint density at radius 2 is 1.91 bits per heavy atom. The average molecular weight is 293 g/mol. The largest absolute Gasteiger partial charge is 0.497 e. The van der Waals surface area contributed by atoms with Crippen LogP contribution in [0.25, 0.3) is 11.3 Å². The van der Waals surface area contributed by atoms with Gasteiger partial charge in [0, 0.05) is 24.2 Å². The Morgan fingerprint density at radius 3 is 2.73 bits per heavy atom. The highest BCUT2D eigenvalue weighted by Gasteiger charge is 2.08. The van der Waals surface area contributed by atoms with Crippen LogP contribution in [0.3, 0.4) is 0 Å². The Hall–Kier alpha value is -2.59. The summed E-state index contributed by atoms with van der Waals surface area (Å²) in [6.07, 6.45) is 1.87. The van der Waals surface area contributed by atoms with E-state index in [0.29, 0.717) is 0 Å². The molecule has 0 atom stereocenters. The number of hydrogen-bond acceptors (Lipinski definition) is 3. The molecule has 1 heterocycles. The number of aromatic amines is 1. The summed E-state index contributed by atoms with van der Waals surface area (Å²) in [4.78, 5) is 0. The third-order valence-corrected chi connectivity index (χ3v) is 3.56. The number of nitrogens with one attached hydrogen (secondary N) is 2. The van der Waals surface area contributed by atoms with Crippen molar-refractivity contribution < 1.29 is 4.74 Å². The molecule has 4 heteroatoms. The molecule has 0 spiro atoms. The molecule has 0 saturated heterocycles. The summed E-state index contributed by atoms with van der Waals surface area (Å²) in [7, 11) is 1.67. The van der Waals surface area contributed by atoms with Crippen LogP contribution in [0.5, 0.6) is 5.75 Å². The van der Waals surface area contributed by atoms with Gasteiger partial charge in [-0.1, -0.05) is 42.5 Å². The van der Waals surface area contributed by atoms with Crippen molar-refractivity contribution in [1.29, 1.82) is 0 Å². The van der Waals surface area contributed by atoms with Crippen molar-refractivity contribution in [2.45, 2.75) is 13.1 Å². The van der Waals surface area contributed by atoms with Crippen molar-refractivity contribution in [3.05, 3.63) is 71.9 Å². The van der Waals surface area contributed by atoms with E-state index in [9.17, 15) is 0 Å². The fourth-order valence-electron chi connectivity index (χ4n) is 2.41. The molecule has 2 aromatic carbocycles. The second-order valence-electron chi connectivity index (χ2n) is 5.09. The van der Waals surface area contributed by atoms with Gasteiger partial charge in [0.2, 0.25) is 0 Å². The van der Waals surface area contributed by atoms with Crippen LogP contribution in [0.4, 0.5) is 0 Å². The minimum absolute atomic E-state index is 0.762. The SMILES string of the molecule is COc1cccc(-c2[nH]ncc2CNCc2ccccc2)c1. The second-order valence-corrected chi connectivity index (χ2v) is 5.09. The highest BCUT2D eigenvalue weighted by Crippen LogP contribution is 2.24. The van der Waals surface area contributed by atoms with E-state index >= 15 is 0 Å². The molecule has 112 valence electrons. The molecule has 3 rings (SSSR count). The maximum Gasteiger partial charge on any atom is 0.119 e. The van der Waals surface area contributed by atoms with Gasteiger partial charge in [-0.05, 0) is 17.7 Å². The first-order valence-corrected chi connectivity index (χ1v) is 7.28. The molecular formula is C18H19N3O. The molecule has 1 aromatic heterocycles. The molecule has 0 amide bonds. The zero-order valence-electron chi connectivity index (χ0n) is 12.5. The monoisotopic (exact) mass is 293 g/mol. The number of aromatic nitrogens is 2. The molecule has 3 aromatic rings. The van der Waals surface area contributed by atoms with Gasteiger partial charge in [-0.2, -0.15) is 5.10 Å². The Bertz CT molecular complexity index is 722. The van der Waals surface area contributed by atoms with E-state index in [1.54, 1.807) is 7.11 Å². The van der Waals surface area contributed by atoms with Crippen LogP contribution in [-0.2, 0) is 13.1 Å². The standard InChI is InChI=1S/C18H19N3O/c1-22-17-9-5-8-15(10-17)18-16(13-20-21-18)12-19-11-14-6-3-2-4-7-14/h2-10,13,19H,11-12H2,1H3,(H,20,21). The van der Waals surface area contributed by atoms with Gasteiger partial charge in [0.15, 0.2) is 0 Å². The Balaban J connectivity index is 1.69. The van der Waals surface area contributed by atoms with Crippen molar-refractivity contribution in [1.82, 2.24) is 15.5 Å². The first-order valence-electron chi connectivity index (χ1n) is 7.28. The predicted octanol–water partition coefficient (Wildman–Crippen LogP) is 3.38. The van der Waals surface area contributed by atoms with E-state index < -0.39 is 0 Å². The van der Waals surface area contributed by atoms with E-state index in [-0.39, 0.29) is 0 Å². The normalized spacial score (nSPS) is 10.6. The number of rotatable bonds is 6. The summed E-state index contributed by atoms with van der Waals surface area (Å²) >= 11 is 0. The van der Waals surface area contributed by atoms with Crippen LogP contribution in [0, 0.1) is 0 Å². The molecule has 0 aliphatic heterocycles. The average Bonchev–Trinajstić information content (AvgIpc) is 3.04. The molecule has 0 aliphatic rings. The summed E-state index contributed by atoms with van der Waals surface area (Å²) in [6.45, 7) is 1.60. The molecule has 2 N–H and O–H groups in total. The van der Waals surface area contributed by atoms with Crippen molar-refractivity contribution in [3.63, 3.8) is 0 Å². The van der Waals surface area contributed by atoms with E-state index in [1.807, 2.05) is 30.5 Å². The molecule has 0 aliphatic carbocycles. The lowest BCUT2D eigenvalue weighted by Gasteiger charge is -2.07. The quantitative estimate of drug-likeness (QED) is 0.732. The number of methoxy groups -OCH3 is 1. The van der Waals surface area contributed by atoms with Crippen LogP contribution < -0.4 is 10.1 Å². The molecule has 0 unspecified atom stereocenters. The van der Waals surface area contributed by atoms with Gasteiger partial charge in [0.05, 0.1) is 19.0 Å². The van der Waals surface area contributed by atoms with Gasteiger partial charge in [-0.3, -0.25) is 5.10 Å². The lowest BCUT2D eigenvalue weighted by Crippen LogP contribution is -2.12. The van der Waals surface area contributed by atoms with Crippen LogP contribution in [0.2, 0.25) is 0 Å². The molecule has 0 saturated carbocycles. The third-order valence-electron chi connectivity index (χ3n) is 3.56. The van der Waals surface area contributed by atoms with Gasteiger partial charge in [-0.25, -0.2) is 0 Å².